The van der Waals surface area contributed by atoms with Gasteiger partial charge in [-0.15, -0.1) is 0 Å². The van der Waals surface area contributed by atoms with Gasteiger partial charge in [0.15, 0.2) is 0 Å². The number of nitrogens with two attached hydrogens (primary N) is 1. The van der Waals surface area contributed by atoms with Gasteiger partial charge in [0.2, 0.25) is 11.5 Å². The van der Waals surface area contributed by atoms with E-state index in [1.165, 1.54) is 4.40 Å². The number of rotatable bonds is 7. The molecule has 3 aromatic heterocycles. The fourth-order valence-electron chi connectivity index (χ4n) is 4.69. The Hall–Kier alpha value is -3.82. The molecule has 1 amide bonds. The third-order valence-electron chi connectivity index (χ3n) is 6.71. The van der Waals surface area contributed by atoms with Crippen LogP contribution in [0.25, 0.3) is 16.7 Å². The van der Waals surface area contributed by atoms with E-state index < -0.39 is 0 Å². The van der Waals surface area contributed by atoms with Gasteiger partial charge < -0.3 is 15.8 Å². The number of nitrogen functional groups attached to an aromatic ring is 1. The molecule has 4 aromatic rings. The van der Waals surface area contributed by atoms with Crippen molar-refractivity contribution in [3.05, 3.63) is 82.3 Å². The Bertz CT molecular complexity index is 1450. The Kier molecular flexibility index (Phi) is 6.92. The lowest BCUT2D eigenvalue weighted by Gasteiger charge is -2.26. The smallest absolute Gasteiger partial charge is 0.278 e. The molecule has 1 aromatic carbocycles. The number of fused-ring (bicyclic) bond motifs is 2. The molecule has 9 nitrogen and oxygen atoms in total. The number of pyridine rings is 2. The summed E-state index contributed by atoms with van der Waals surface area (Å²) in [5, 5.41) is 3.38. The maximum absolute atomic E-state index is 13.4. The molecule has 1 fully saturated rings. The molecule has 5 rings (SSSR count). The third-order valence-corrected chi connectivity index (χ3v) is 6.71. The number of amides is 1. The molecular formula is C27H31N6O3+. The monoisotopic (exact) mass is 487 g/mol. The zero-order chi connectivity index (χ0) is 25.1. The summed E-state index contributed by atoms with van der Waals surface area (Å²) in [5.41, 5.74) is 8.63. The van der Waals surface area contributed by atoms with Crippen molar-refractivity contribution in [1.29, 1.82) is 0 Å². The Morgan fingerprint density at radius 1 is 1.17 bits per heavy atom. The van der Waals surface area contributed by atoms with E-state index in [0.29, 0.717) is 29.0 Å². The van der Waals surface area contributed by atoms with Crippen LogP contribution in [0, 0.1) is 0 Å². The van der Waals surface area contributed by atoms with Crippen molar-refractivity contribution in [3.63, 3.8) is 0 Å². The number of morpholine rings is 1. The van der Waals surface area contributed by atoms with Gasteiger partial charge in [-0.05, 0) is 37.1 Å². The lowest BCUT2D eigenvalue weighted by molar-refractivity contribution is -0.659. The van der Waals surface area contributed by atoms with Crippen molar-refractivity contribution in [1.82, 2.24) is 19.6 Å². The van der Waals surface area contributed by atoms with Crippen molar-refractivity contribution in [2.24, 2.45) is 0 Å². The van der Waals surface area contributed by atoms with E-state index in [2.05, 4.69) is 10.2 Å². The number of benzene rings is 1. The first-order valence-electron chi connectivity index (χ1n) is 12.3. The van der Waals surface area contributed by atoms with Crippen LogP contribution in [-0.2, 0) is 11.3 Å². The molecular weight excluding hydrogens is 456 g/mol. The molecule has 36 heavy (non-hydrogen) atoms. The number of hydrogen-bond donors (Lipinski definition) is 2. The Labute approximate surface area is 209 Å². The summed E-state index contributed by atoms with van der Waals surface area (Å²) in [6, 6.07) is 16.5. The van der Waals surface area contributed by atoms with Crippen LogP contribution in [-0.4, -0.2) is 53.0 Å². The number of ether oxygens (including phenoxy) is 1. The summed E-state index contributed by atoms with van der Waals surface area (Å²) in [6.07, 6.45) is 2.48. The minimum absolute atomic E-state index is 0.223. The van der Waals surface area contributed by atoms with Gasteiger partial charge in [0.05, 0.1) is 25.8 Å². The first kappa shape index (κ1) is 23.9. The molecule has 0 saturated carbocycles. The Morgan fingerprint density at radius 3 is 2.69 bits per heavy atom. The standard InChI is InChI=1S/C27H30N6O3/c1-19(20-8-3-2-4-9-20)29-26(34)21-18-22-25(30-23-10-5-6-12-32(23)27(22)35)33(24(21)28)13-7-11-31-14-16-36-17-15-31/h2-6,8-10,12,18-19,28H,7,11,13-17H2,1H3,(H,29,34)/p+1/t19-/m1/s1. The number of anilines is 1. The zero-order valence-electron chi connectivity index (χ0n) is 20.4. The fraction of sp³-hybridized carbons (Fsp3) is 0.333. The average molecular weight is 488 g/mol. The maximum atomic E-state index is 13.4. The fourth-order valence-corrected chi connectivity index (χ4v) is 4.69. The highest BCUT2D eigenvalue weighted by molar-refractivity contribution is 6.00. The molecule has 0 radical (unpaired) electrons. The van der Waals surface area contributed by atoms with E-state index in [9.17, 15) is 9.59 Å². The molecule has 1 aliphatic rings. The quantitative estimate of drug-likeness (QED) is 0.305. The van der Waals surface area contributed by atoms with E-state index in [0.717, 1.165) is 44.8 Å². The number of nitrogens with zero attached hydrogens (tertiary/aromatic N) is 4. The third kappa shape index (κ3) is 4.80. The van der Waals surface area contributed by atoms with Crippen LogP contribution in [0.3, 0.4) is 0 Å². The highest BCUT2D eigenvalue weighted by atomic mass is 16.5. The van der Waals surface area contributed by atoms with E-state index in [1.807, 2.05) is 47.9 Å². The number of carbonyl (C=O) groups is 1. The van der Waals surface area contributed by atoms with Gasteiger partial charge in [-0.3, -0.25) is 18.9 Å². The lowest BCUT2D eigenvalue weighted by atomic mass is 10.1. The van der Waals surface area contributed by atoms with Crippen molar-refractivity contribution < 1.29 is 14.1 Å². The van der Waals surface area contributed by atoms with Gasteiger partial charge in [0.25, 0.3) is 17.1 Å². The largest absolute Gasteiger partial charge is 0.379 e. The molecule has 4 heterocycles. The van der Waals surface area contributed by atoms with Crippen LogP contribution in [0.15, 0.2) is 65.6 Å². The molecule has 1 aliphatic heterocycles. The van der Waals surface area contributed by atoms with Gasteiger partial charge in [0, 0.05) is 25.8 Å². The maximum Gasteiger partial charge on any atom is 0.278 e. The molecule has 3 N–H and O–H groups in total. The van der Waals surface area contributed by atoms with Crippen LogP contribution in [0.2, 0.25) is 0 Å². The second-order valence-electron chi connectivity index (χ2n) is 9.09. The minimum Gasteiger partial charge on any atom is -0.379 e. The van der Waals surface area contributed by atoms with E-state index in [4.69, 9.17) is 15.5 Å². The zero-order valence-corrected chi connectivity index (χ0v) is 20.4. The normalized spacial score (nSPS) is 15.2. The number of hydrogen-bond acceptors (Lipinski definition) is 6. The number of nitrogens with one attached hydrogen (secondary N) is 1. The second kappa shape index (κ2) is 10.4. The van der Waals surface area contributed by atoms with Crippen molar-refractivity contribution in [3.8, 4) is 0 Å². The van der Waals surface area contributed by atoms with Gasteiger partial charge in [-0.1, -0.05) is 41.4 Å². The second-order valence-corrected chi connectivity index (χ2v) is 9.09. The summed E-state index contributed by atoms with van der Waals surface area (Å²) in [7, 11) is 0. The summed E-state index contributed by atoms with van der Waals surface area (Å²) in [6.45, 7) is 6.58. The average Bonchev–Trinajstić information content (AvgIpc) is 2.91. The summed E-state index contributed by atoms with van der Waals surface area (Å²) in [5.74, 6) is -0.0281. The van der Waals surface area contributed by atoms with Gasteiger partial charge in [-0.25, -0.2) is 4.57 Å². The summed E-state index contributed by atoms with van der Waals surface area (Å²) < 4.78 is 8.75. The van der Waals surface area contributed by atoms with Crippen LogP contribution >= 0.6 is 0 Å². The van der Waals surface area contributed by atoms with Crippen LogP contribution in [0.5, 0.6) is 0 Å². The van der Waals surface area contributed by atoms with Gasteiger partial charge in [-0.2, -0.15) is 0 Å². The topological polar surface area (TPSA) is 106 Å². The number of carbonyl (C=O) groups excluding carboxylic acids is 1. The first-order valence-corrected chi connectivity index (χ1v) is 12.3. The SMILES string of the molecule is C[C@@H](NC(=O)c1cc2c(=O)n3ccccc3nc2[n+](CCCN2CCOCC2)c1N)c1ccccc1. The number of aryl methyl sites for hydroxylation is 1. The van der Waals surface area contributed by atoms with Crippen molar-refractivity contribution in [2.45, 2.75) is 25.9 Å². The molecule has 186 valence electrons. The van der Waals surface area contributed by atoms with Crippen LogP contribution < -0.4 is 21.2 Å². The molecule has 9 heteroatoms. The molecule has 0 aliphatic carbocycles. The van der Waals surface area contributed by atoms with Gasteiger partial charge >= 0.3 is 0 Å². The molecule has 1 atom stereocenters. The van der Waals surface area contributed by atoms with E-state index in [1.54, 1.807) is 24.4 Å². The minimum atomic E-state index is -0.328. The first-order chi connectivity index (χ1) is 17.5. The molecule has 0 bridgehead atoms. The van der Waals surface area contributed by atoms with E-state index >= 15 is 0 Å². The highest BCUT2D eigenvalue weighted by Crippen LogP contribution is 2.18. The lowest BCUT2D eigenvalue weighted by Crippen LogP contribution is -2.44. The molecule has 0 unspecified atom stereocenters. The number of aromatic nitrogens is 3. The predicted molar refractivity (Wildman–Crippen MR) is 138 cm³/mol. The molecule has 1 saturated heterocycles. The summed E-state index contributed by atoms with van der Waals surface area (Å²) in [4.78, 5) is 33.9. The predicted octanol–water partition coefficient (Wildman–Crippen LogP) is 1.93. The van der Waals surface area contributed by atoms with E-state index in [-0.39, 0.29) is 23.1 Å². The Balaban J connectivity index is 1.53. The van der Waals surface area contributed by atoms with Crippen LogP contribution in [0.1, 0.15) is 35.3 Å². The molecule has 0 spiro atoms. The highest BCUT2D eigenvalue weighted by Gasteiger charge is 2.25. The van der Waals surface area contributed by atoms with Gasteiger partial charge in [0.1, 0.15) is 10.9 Å². The Morgan fingerprint density at radius 2 is 1.92 bits per heavy atom. The summed E-state index contributed by atoms with van der Waals surface area (Å²) >= 11 is 0. The van der Waals surface area contributed by atoms with Crippen molar-refractivity contribution >= 4 is 28.4 Å². The van der Waals surface area contributed by atoms with Crippen molar-refractivity contribution in [2.75, 3.05) is 38.6 Å². The van der Waals surface area contributed by atoms with Crippen LogP contribution in [0.4, 0.5) is 5.82 Å².